The predicted molar refractivity (Wildman–Crippen MR) is 75.8 cm³/mol. The molecular formula is C14H23N3O4. The molecule has 21 heavy (non-hydrogen) atoms. The fourth-order valence-corrected chi connectivity index (χ4v) is 3.03. The van der Waals surface area contributed by atoms with E-state index in [1.807, 2.05) is 0 Å². The minimum atomic E-state index is -0.845. The number of hydrogen-bond acceptors (Lipinski definition) is 3. The normalized spacial score (nSPS) is 22.1. The molecule has 1 heterocycles. The molecule has 0 aromatic carbocycles. The summed E-state index contributed by atoms with van der Waals surface area (Å²) in [6.45, 7) is 1.25. The lowest BCUT2D eigenvalue weighted by atomic mass is 9.74. The Morgan fingerprint density at radius 3 is 2.62 bits per heavy atom. The van der Waals surface area contributed by atoms with Crippen LogP contribution in [-0.2, 0) is 9.59 Å². The average Bonchev–Trinajstić information content (AvgIpc) is 2.70. The third kappa shape index (κ3) is 3.86. The van der Waals surface area contributed by atoms with Gasteiger partial charge in [0, 0.05) is 19.6 Å². The molecule has 7 nitrogen and oxygen atoms in total. The van der Waals surface area contributed by atoms with E-state index in [1.165, 1.54) is 4.90 Å². The molecule has 1 saturated carbocycles. The first-order chi connectivity index (χ1) is 10.0. The first-order valence-corrected chi connectivity index (χ1v) is 7.56. The van der Waals surface area contributed by atoms with Crippen molar-refractivity contribution in [3.63, 3.8) is 0 Å². The number of nitrogens with zero attached hydrogens (tertiary/aromatic N) is 1. The summed E-state index contributed by atoms with van der Waals surface area (Å²) in [5, 5.41) is 14.9. The highest BCUT2D eigenvalue weighted by atomic mass is 16.4. The molecule has 118 valence electrons. The van der Waals surface area contributed by atoms with Gasteiger partial charge in [0.05, 0.1) is 5.41 Å². The van der Waals surface area contributed by atoms with Crippen molar-refractivity contribution in [3.8, 4) is 0 Å². The van der Waals surface area contributed by atoms with Crippen molar-refractivity contribution in [2.45, 2.75) is 38.5 Å². The van der Waals surface area contributed by atoms with Gasteiger partial charge in [0.2, 0.25) is 5.91 Å². The summed E-state index contributed by atoms with van der Waals surface area (Å²) in [4.78, 5) is 36.6. The number of carbonyl (C=O) groups excluding carboxylic acids is 2. The number of nitrogens with one attached hydrogen (secondary N) is 2. The summed E-state index contributed by atoms with van der Waals surface area (Å²) in [5.74, 6) is -1.01. The van der Waals surface area contributed by atoms with Gasteiger partial charge in [0.1, 0.15) is 6.54 Å². The van der Waals surface area contributed by atoms with Crippen LogP contribution < -0.4 is 10.6 Å². The Labute approximate surface area is 124 Å². The van der Waals surface area contributed by atoms with Gasteiger partial charge in [-0.15, -0.1) is 0 Å². The lowest BCUT2D eigenvalue weighted by Gasteiger charge is -2.34. The average molecular weight is 297 g/mol. The van der Waals surface area contributed by atoms with Gasteiger partial charge in [-0.25, -0.2) is 4.79 Å². The summed E-state index contributed by atoms with van der Waals surface area (Å²) >= 11 is 0. The summed E-state index contributed by atoms with van der Waals surface area (Å²) in [5.41, 5.74) is -0.845. The second-order valence-corrected chi connectivity index (χ2v) is 5.93. The second kappa shape index (κ2) is 6.78. The molecule has 7 heteroatoms. The van der Waals surface area contributed by atoms with E-state index in [2.05, 4.69) is 10.6 Å². The highest BCUT2D eigenvalue weighted by Crippen LogP contribution is 2.36. The van der Waals surface area contributed by atoms with Crippen molar-refractivity contribution in [1.29, 1.82) is 0 Å². The Bertz CT molecular complexity index is 418. The largest absolute Gasteiger partial charge is 0.481 e. The van der Waals surface area contributed by atoms with Crippen LogP contribution in [0.15, 0.2) is 0 Å². The summed E-state index contributed by atoms with van der Waals surface area (Å²) in [6.07, 6.45) is 4.73. The topological polar surface area (TPSA) is 98.7 Å². The summed E-state index contributed by atoms with van der Waals surface area (Å²) < 4.78 is 0. The van der Waals surface area contributed by atoms with E-state index >= 15 is 0 Å². The smallest absolute Gasteiger partial charge is 0.317 e. The van der Waals surface area contributed by atoms with Gasteiger partial charge in [-0.1, -0.05) is 19.3 Å². The molecular weight excluding hydrogens is 274 g/mol. The third-order valence-electron chi connectivity index (χ3n) is 4.39. The van der Waals surface area contributed by atoms with Gasteiger partial charge in [0.25, 0.3) is 0 Å². The quantitative estimate of drug-likeness (QED) is 0.708. The van der Waals surface area contributed by atoms with Crippen LogP contribution in [0.5, 0.6) is 0 Å². The molecule has 3 N–H and O–H groups in total. The molecule has 2 aliphatic rings. The SMILES string of the molecule is O=C1CN(C(=O)NCC2(C(=O)O)CCCCC2)CCCN1. The Morgan fingerprint density at radius 2 is 1.95 bits per heavy atom. The molecule has 2 fully saturated rings. The van der Waals surface area contributed by atoms with Crippen LogP contribution in [0.1, 0.15) is 38.5 Å². The molecule has 0 atom stereocenters. The molecule has 1 aliphatic carbocycles. The number of aliphatic carboxylic acids is 1. The third-order valence-corrected chi connectivity index (χ3v) is 4.39. The minimum absolute atomic E-state index is 0.0336. The fraction of sp³-hybridized carbons (Fsp3) is 0.786. The lowest BCUT2D eigenvalue weighted by Crippen LogP contribution is -2.49. The number of carbonyl (C=O) groups is 3. The van der Waals surface area contributed by atoms with E-state index < -0.39 is 11.4 Å². The highest BCUT2D eigenvalue weighted by molar-refractivity contribution is 5.84. The molecule has 0 aromatic rings. The molecule has 1 aliphatic heterocycles. The number of carboxylic acids is 1. The van der Waals surface area contributed by atoms with E-state index in [1.54, 1.807) is 0 Å². The maximum Gasteiger partial charge on any atom is 0.317 e. The Kier molecular flexibility index (Phi) is 5.03. The van der Waals surface area contributed by atoms with Crippen molar-refractivity contribution < 1.29 is 19.5 Å². The number of hydrogen-bond donors (Lipinski definition) is 3. The van der Waals surface area contributed by atoms with E-state index in [9.17, 15) is 19.5 Å². The molecule has 3 amide bonds. The lowest BCUT2D eigenvalue weighted by molar-refractivity contribution is -0.150. The fourth-order valence-electron chi connectivity index (χ4n) is 3.03. The van der Waals surface area contributed by atoms with Crippen LogP contribution in [0.2, 0.25) is 0 Å². The van der Waals surface area contributed by atoms with E-state index in [4.69, 9.17) is 0 Å². The first-order valence-electron chi connectivity index (χ1n) is 7.56. The maximum atomic E-state index is 12.1. The van der Waals surface area contributed by atoms with Gasteiger partial charge in [-0.2, -0.15) is 0 Å². The van der Waals surface area contributed by atoms with Crippen LogP contribution in [0.4, 0.5) is 4.79 Å². The van der Waals surface area contributed by atoms with Crippen LogP contribution in [-0.4, -0.2) is 54.1 Å². The first kappa shape index (κ1) is 15.6. The zero-order chi connectivity index (χ0) is 15.3. The minimum Gasteiger partial charge on any atom is -0.481 e. The highest BCUT2D eigenvalue weighted by Gasteiger charge is 2.40. The van der Waals surface area contributed by atoms with E-state index in [0.29, 0.717) is 32.4 Å². The van der Waals surface area contributed by atoms with Gasteiger partial charge in [-0.3, -0.25) is 9.59 Å². The summed E-state index contributed by atoms with van der Waals surface area (Å²) in [7, 11) is 0. The van der Waals surface area contributed by atoms with Gasteiger partial charge in [-0.05, 0) is 19.3 Å². The Balaban J connectivity index is 1.92. The summed E-state index contributed by atoms with van der Waals surface area (Å²) in [6, 6.07) is -0.349. The zero-order valence-corrected chi connectivity index (χ0v) is 12.2. The van der Waals surface area contributed by atoms with Crippen LogP contribution in [0, 0.1) is 5.41 Å². The van der Waals surface area contributed by atoms with Crippen molar-refractivity contribution in [3.05, 3.63) is 0 Å². The molecule has 0 aromatic heterocycles. The molecule has 0 radical (unpaired) electrons. The van der Waals surface area contributed by atoms with Gasteiger partial charge >= 0.3 is 12.0 Å². The van der Waals surface area contributed by atoms with Gasteiger partial charge < -0.3 is 20.6 Å². The van der Waals surface area contributed by atoms with Crippen LogP contribution in [0.25, 0.3) is 0 Å². The molecule has 0 bridgehead atoms. The van der Waals surface area contributed by atoms with Gasteiger partial charge in [0.15, 0.2) is 0 Å². The Morgan fingerprint density at radius 1 is 1.24 bits per heavy atom. The van der Waals surface area contributed by atoms with Crippen LogP contribution in [0.3, 0.4) is 0 Å². The molecule has 0 unspecified atom stereocenters. The van der Waals surface area contributed by atoms with E-state index in [-0.39, 0.29) is 25.0 Å². The number of carboxylic acid groups (broad SMARTS) is 1. The zero-order valence-electron chi connectivity index (χ0n) is 12.2. The van der Waals surface area contributed by atoms with Crippen molar-refractivity contribution in [1.82, 2.24) is 15.5 Å². The molecule has 0 spiro atoms. The monoisotopic (exact) mass is 297 g/mol. The number of urea groups is 1. The van der Waals surface area contributed by atoms with Crippen molar-refractivity contribution >= 4 is 17.9 Å². The molecule has 1 saturated heterocycles. The maximum absolute atomic E-state index is 12.1. The van der Waals surface area contributed by atoms with Crippen LogP contribution >= 0.6 is 0 Å². The Hall–Kier alpha value is -1.79. The predicted octanol–water partition coefficient (Wildman–Crippen LogP) is 0.553. The number of amides is 3. The van der Waals surface area contributed by atoms with Crippen molar-refractivity contribution in [2.75, 3.05) is 26.2 Å². The molecule has 2 rings (SSSR count). The van der Waals surface area contributed by atoms with Crippen molar-refractivity contribution in [2.24, 2.45) is 5.41 Å². The number of rotatable bonds is 3. The second-order valence-electron chi connectivity index (χ2n) is 5.93. The standard InChI is InChI=1S/C14H23N3O4/c18-11-9-17(8-4-7-15-11)13(21)16-10-14(12(19)20)5-2-1-3-6-14/h1-10H2,(H,15,18)(H,16,21)(H,19,20). The van der Waals surface area contributed by atoms with E-state index in [0.717, 1.165) is 19.3 Å².